The fraction of sp³-hybridized carbons (Fsp3) is 0.500. The van der Waals surface area contributed by atoms with Crippen molar-refractivity contribution in [3.63, 3.8) is 0 Å². The molecule has 0 atom stereocenters. The largest absolute Gasteiger partial charge is 0.496 e. The maximum Gasteiger partial charge on any atom is 0.123 e. The Morgan fingerprint density at radius 1 is 1.47 bits per heavy atom. The minimum Gasteiger partial charge on any atom is -0.496 e. The predicted octanol–water partition coefficient (Wildman–Crippen LogP) is 1.55. The number of hydrogen-bond acceptors (Lipinski definition) is 3. The van der Waals surface area contributed by atoms with Crippen molar-refractivity contribution in [1.82, 2.24) is 0 Å². The van der Waals surface area contributed by atoms with Gasteiger partial charge < -0.3 is 14.6 Å². The van der Waals surface area contributed by atoms with Crippen molar-refractivity contribution >= 4 is 0 Å². The summed E-state index contributed by atoms with van der Waals surface area (Å²) in [6, 6.07) is 4.09. The molecule has 1 aliphatic heterocycles. The molecule has 82 valence electrons. The second-order valence-corrected chi connectivity index (χ2v) is 3.70. The lowest BCUT2D eigenvalue weighted by Crippen LogP contribution is -1.95. The van der Waals surface area contributed by atoms with Crippen LogP contribution in [0.2, 0.25) is 0 Å². The number of fused-ring (bicyclic) bond motifs is 1. The van der Waals surface area contributed by atoms with Crippen LogP contribution in [0.1, 0.15) is 17.5 Å². The summed E-state index contributed by atoms with van der Waals surface area (Å²) >= 11 is 0. The summed E-state index contributed by atoms with van der Waals surface area (Å²) in [5.74, 6) is 1.89. The molecule has 3 nitrogen and oxygen atoms in total. The molecule has 15 heavy (non-hydrogen) atoms. The Morgan fingerprint density at radius 2 is 2.33 bits per heavy atom. The Hall–Kier alpha value is -1.22. The van der Waals surface area contributed by atoms with Gasteiger partial charge in [0.2, 0.25) is 0 Å². The van der Waals surface area contributed by atoms with Crippen molar-refractivity contribution in [1.29, 1.82) is 0 Å². The highest BCUT2D eigenvalue weighted by Crippen LogP contribution is 2.33. The molecular formula is C12H16O3. The van der Waals surface area contributed by atoms with Gasteiger partial charge in [-0.1, -0.05) is 0 Å². The van der Waals surface area contributed by atoms with E-state index in [1.807, 2.05) is 6.07 Å². The summed E-state index contributed by atoms with van der Waals surface area (Å²) in [6.45, 7) is 0.975. The van der Waals surface area contributed by atoms with E-state index in [9.17, 15) is 0 Å². The van der Waals surface area contributed by atoms with Gasteiger partial charge in [0.15, 0.2) is 0 Å². The lowest BCUT2D eigenvalue weighted by molar-refractivity contribution is 0.287. The van der Waals surface area contributed by atoms with Gasteiger partial charge in [0.25, 0.3) is 0 Å². The number of aliphatic hydroxyl groups excluding tert-OH is 1. The van der Waals surface area contributed by atoms with Crippen LogP contribution in [-0.2, 0) is 12.8 Å². The van der Waals surface area contributed by atoms with Crippen LogP contribution >= 0.6 is 0 Å². The third-order valence-electron chi connectivity index (χ3n) is 2.70. The van der Waals surface area contributed by atoms with E-state index in [2.05, 4.69) is 6.07 Å². The molecule has 0 fully saturated rings. The van der Waals surface area contributed by atoms with E-state index < -0.39 is 0 Å². The Balaban J connectivity index is 2.27. The summed E-state index contributed by atoms with van der Waals surface area (Å²) in [5, 5.41) is 8.81. The zero-order valence-corrected chi connectivity index (χ0v) is 8.95. The van der Waals surface area contributed by atoms with Gasteiger partial charge in [-0.2, -0.15) is 0 Å². The molecule has 0 aromatic heterocycles. The second-order valence-electron chi connectivity index (χ2n) is 3.70. The maximum atomic E-state index is 8.81. The second kappa shape index (κ2) is 4.53. The average Bonchev–Trinajstić information content (AvgIpc) is 2.71. The number of aliphatic hydroxyl groups is 1. The average molecular weight is 208 g/mol. The van der Waals surface area contributed by atoms with E-state index >= 15 is 0 Å². The van der Waals surface area contributed by atoms with Crippen molar-refractivity contribution in [2.45, 2.75) is 19.3 Å². The first kappa shape index (κ1) is 10.3. The Bertz CT molecular complexity index is 347. The van der Waals surface area contributed by atoms with Crippen molar-refractivity contribution in [3.05, 3.63) is 23.3 Å². The van der Waals surface area contributed by atoms with E-state index in [0.717, 1.165) is 42.9 Å². The molecule has 0 amide bonds. The van der Waals surface area contributed by atoms with Crippen LogP contribution in [-0.4, -0.2) is 25.4 Å². The number of methoxy groups -OCH3 is 1. The summed E-state index contributed by atoms with van der Waals surface area (Å²) in [7, 11) is 1.68. The molecule has 0 unspecified atom stereocenters. The lowest BCUT2D eigenvalue weighted by atomic mass is 10.0. The first-order valence-electron chi connectivity index (χ1n) is 5.28. The van der Waals surface area contributed by atoms with Crippen LogP contribution in [0.3, 0.4) is 0 Å². The molecule has 2 rings (SSSR count). The van der Waals surface area contributed by atoms with E-state index in [1.54, 1.807) is 7.11 Å². The minimum atomic E-state index is 0.209. The number of hydrogen-bond donors (Lipinski definition) is 1. The molecule has 0 aliphatic carbocycles. The molecule has 1 aromatic rings. The SMILES string of the molecule is COc1cc2c(cc1CCCO)OCC2. The first-order chi connectivity index (χ1) is 7.35. The third kappa shape index (κ3) is 2.07. The molecule has 1 heterocycles. The Labute approximate surface area is 89.6 Å². The minimum absolute atomic E-state index is 0.209. The van der Waals surface area contributed by atoms with Crippen molar-refractivity contribution in [2.24, 2.45) is 0 Å². The summed E-state index contributed by atoms with van der Waals surface area (Å²) in [6.07, 6.45) is 2.55. The van der Waals surface area contributed by atoms with Gasteiger partial charge in [-0.05, 0) is 30.5 Å². The zero-order chi connectivity index (χ0) is 10.7. The van der Waals surface area contributed by atoms with Crippen molar-refractivity contribution in [2.75, 3.05) is 20.3 Å². The molecular weight excluding hydrogens is 192 g/mol. The molecule has 0 spiro atoms. The van der Waals surface area contributed by atoms with Gasteiger partial charge in [0.1, 0.15) is 11.5 Å². The molecule has 1 aliphatic rings. The van der Waals surface area contributed by atoms with Crippen molar-refractivity contribution < 1.29 is 14.6 Å². The normalized spacial score (nSPS) is 13.5. The highest BCUT2D eigenvalue weighted by molar-refractivity contribution is 5.48. The van der Waals surface area contributed by atoms with Crippen LogP contribution in [0.4, 0.5) is 0 Å². The standard InChI is InChI=1S/C12H16O3/c1-14-11-7-10-4-6-15-12(10)8-9(11)3-2-5-13/h7-8,13H,2-6H2,1H3. The Kier molecular flexibility index (Phi) is 3.11. The van der Waals surface area contributed by atoms with E-state index in [-0.39, 0.29) is 6.61 Å². The number of rotatable bonds is 4. The Morgan fingerprint density at radius 3 is 3.07 bits per heavy atom. The monoisotopic (exact) mass is 208 g/mol. The molecule has 1 aromatic carbocycles. The van der Waals surface area contributed by atoms with E-state index in [0.29, 0.717) is 0 Å². The lowest BCUT2D eigenvalue weighted by Gasteiger charge is -2.10. The van der Waals surface area contributed by atoms with Crippen LogP contribution in [0, 0.1) is 0 Å². The molecule has 0 bridgehead atoms. The van der Waals surface area contributed by atoms with Crippen molar-refractivity contribution in [3.8, 4) is 11.5 Å². The van der Waals surface area contributed by atoms with Gasteiger partial charge in [0, 0.05) is 18.6 Å². The van der Waals surface area contributed by atoms with Crippen LogP contribution in [0.5, 0.6) is 11.5 Å². The van der Waals surface area contributed by atoms with Crippen LogP contribution in [0.15, 0.2) is 12.1 Å². The summed E-state index contributed by atoms with van der Waals surface area (Å²) in [5.41, 5.74) is 2.34. The summed E-state index contributed by atoms with van der Waals surface area (Å²) in [4.78, 5) is 0. The molecule has 3 heteroatoms. The highest BCUT2D eigenvalue weighted by Gasteiger charge is 2.15. The van der Waals surface area contributed by atoms with Gasteiger partial charge in [0.05, 0.1) is 13.7 Å². The van der Waals surface area contributed by atoms with Gasteiger partial charge in [-0.25, -0.2) is 0 Å². The fourth-order valence-corrected chi connectivity index (χ4v) is 1.90. The number of aryl methyl sites for hydroxylation is 1. The quantitative estimate of drug-likeness (QED) is 0.816. The van der Waals surface area contributed by atoms with Crippen LogP contribution < -0.4 is 9.47 Å². The maximum absolute atomic E-state index is 8.81. The van der Waals surface area contributed by atoms with Crippen LogP contribution in [0.25, 0.3) is 0 Å². The fourth-order valence-electron chi connectivity index (χ4n) is 1.90. The smallest absolute Gasteiger partial charge is 0.123 e. The molecule has 0 radical (unpaired) electrons. The van der Waals surface area contributed by atoms with Gasteiger partial charge in [-0.15, -0.1) is 0 Å². The number of ether oxygens (including phenoxy) is 2. The molecule has 1 N–H and O–H groups in total. The number of benzene rings is 1. The van der Waals surface area contributed by atoms with E-state index in [1.165, 1.54) is 5.56 Å². The predicted molar refractivity (Wildman–Crippen MR) is 57.6 cm³/mol. The van der Waals surface area contributed by atoms with E-state index in [4.69, 9.17) is 14.6 Å². The molecule has 0 saturated carbocycles. The zero-order valence-electron chi connectivity index (χ0n) is 8.95. The van der Waals surface area contributed by atoms with Gasteiger partial charge in [-0.3, -0.25) is 0 Å². The van der Waals surface area contributed by atoms with Gasteiger partial charge >= 0.3 is 0 Å². The first-order valence-corrected chi connectivity index (χ1v) is 5.28. The highest BCUT2D eigenvalue weighted by atomic mass is 16.5. The topological polar surface area (TPSA) is 38.7 Å². The molecule has 0 saturated heterocycles. The third-order valence-corrected chi connectivity index (χ3v) is 2.70. The summed E-state index contributed by atoms with van der Waals surface area (Å²) < 4.78 is 10.8.